The Bertz CT molecular complexity index is 914. The lowest BCUT2D eigenvalue weighted by atomic mass is 9.97. The third-order valence-corrected chi connectivity index (χ3v) is 5.18. The fourth-order valence-electron chi connectivity index (χ4n) is 3.27. The maximum atomic E-state index is 12.3. The van der Waals surface area contributed by atoms with Crippen LogP contribution in [0.2, 0.25) is 0 Å². The molecule has 0 saturated carbocycles. The highest BCUT2D eigenvalue weighted by molar-refractivity contribution is 5.73. The van der Waals surface area contributed by atoms with Crippen molar-refractivity contribution in [2.24, 2.45) is 11.7 Å². The van der Waals surface area contributed by atoms with Crippen LogP contribution in [0.25, 0.3) is 0 Å². The summed E-state index contributed by atoms with van der Waals surface area (Å²) in [6.45, 7) is 4.42. The van der Waals surface area contributed by atoms with E-state index < -0.39 is 12.1 Å². The molecule has 1 saturated heterocycles. The minimum Gasteiger partial charge on any atom is -0.475 e. The van der Waals surface area contributed by atoms with Crippen molar-refractivity contribution >= 4 is 11.7 Å². The van der Waals surface area contributed by atoms with Gasteiger partial charge in [-0.1, -0.05) is 30.3 Å². The van der Waals surface area contributed by atoms with Crippen molar-refractivity contribution in [3.63, 3.8) is 0 Å². The van der Waals surface area contributed by atoms with E-state index in [0.29, 0.717) is 25.7 Å². The molecule has 2 aromatic rings. The molecule has 2 heterocycles. The predicted octanol–water partition coefficient (Wildman–Crippen LogP) is 2.66. The average Bonchev–Trinajstić information content (AvgIpc) is 2.80. The maximum Gasteiger partial charge on any atom is 0.490 e. The minimum atomic E-state index is -5.08. The second-order valence-electron chi connectivity index (χ2n) is 7.64. The molecule has 0 unspecified atom stereocenters. The molecular weight excluding hydrogens is 441 g/mol. The van der Waals surface area contributed by atoms with Crippen LogP contribution in [0.1, 0.15) is 24.8 Å². The first-order valence-electron chi connectivity index (χ1n) is 10.6. The van der Waals surface area contributed by atoms with Crippen LogP contribution in [0.15, 0.2) is 47.4 Å². The molecule has 1 aromatic carbocycles. The van der Waals surface area contributed by atoms with E-state index >= 15 is 0 Å². The lowest BCUT2D eigenvalue weighted by molar-refractivity contribution is -0.192. The molecule has 1 fully saturated rings. The van der Waals surface area contributed by atoms with Crippen molar-refractivity contribution in [2.75, 3.05) is 31.1 Å². The zero-order chi connectivity index (χ0) is 24.3. The van der Waals surface area contributed by atoms with E-state index in [9.17, 15) is 18.0 Å². The molecule has 33 heavy (non-hydrogen) atoms. The van der Waals surface area contributed by atoms with Crippen molar-refractivity contribution in [1.82, 2.24) is 9.78 Å². The number of carbonyl (C=O) groups is 1. The predicted molar refractivity (Wildman–Crippen MR) is 117 cm³/mol. The van der Waals surface area contributed by atoms with Gasteiger partial charge in [0.05, 0.1) is 18.5 Å². The first kappa shape index (κ1) is 26.3. The number of hydrogen-bond donors (Lipinski definition) is 2. The third-order valence-electron chi connectivity index (χ3n) is 5.18. The number of aliphatic carboxylic acids is 1. The largest absolute Gasteiger partial charge is 0.490 e. The molecule has 0 atom stereocenters. The number of carboxylic acid groups (broad SMARTS) is 1. The van der Waals surface area contributed by atoms with Gasteiger partial charge in [0, 0.05) is 32.3 Å². The number of carboxylic acids is 1. The standard InChI is InChI=1S/C20H28N4O2.C2HF3O2/c21-14-17-7-10-23(11-8-17)19-13-20(25)24(22-15-19)9-4-12-26-16-18-5-2-1-3-6-18;3-2(4,5)1(6)7/h1-3,5-6,13,15,17H,4,7-12,14,16,21H2;(H,6,7). The molecule has 1 aliphatic rings. The van der Waals surface area contributed by atoms with Crippen LogP contribution in [-0.4, -0.2) is 53.3 Å². The average molecular weight is 470 g/mol. The third kappa shape index (κ3) is 9.22. The summed E-state index contributed by atoms with van der Waals surface area (Å²) in [5, 5.41) is 11.5. The summed E-state index contributed by atoms with van der Waals surface area (Å²) in [5.41, 5.74) is 7.76. The minimum absolute atomic E-state index is 0.0495. The number of benzene rings is 1. The first-order chi connectivity index (χ1) is 15.7. The van der Waals surface area contributed by atoms with Crippen LogP contribution in [0.4, 0.5) is 18.9 Å². The van der Waals surface area contributed by atoms with E-state index in [0.717, 1.165) is 50.1 Å². The Morgan fingerprint density at radius 3 is 2.39 bits per heavy atom. The molecule has 8 nitrogen and oxygen atoms in total. The Labute approximate surface area is 189 Å². The smallest absolute Gasteiger partial charge is 0.475 e. The van der Waals surface area contributed by atoms with E-state index in [1.54, 1.807) is 12.3 Å². The summed E-state index contributed by atoms with van der Waals surface area (Å²) in [6.07, 6.45) is -0.355. The van der Waals surface area contributed by atoms with E-state index in [4.69, 9.17) is 20.4 Å². The molecule has 11 heteroatoms. The van der Waals surface area contributed by atoms with Crippen molar-refractivity contribution < 1.29 is 27.8 Å². The number of ether oxygens (including phenoxy) is 1. The highest BCUT2D eigenvalue weighted by Gasteiger charge is 2.38. The molecule has 1 aromatic heterocycles. The summed E-state index contributed by atoms with van der Waals surface area (Å²) >= 11 is 0. The molecule has 0 bridgehead atoms. The zero-order valence-corrected chi connectivity index (χ0v) is 18.2. The van der Waals surface area contributed by atoms with Crippen LogP contribution >= 0.6 is 0 Å². The second kappa shape index (κ2) is 12.9. The maximum absolute atomic E-state index is 12.3. The Hall–Kier alpha value is -2.92. The fourth-order valence-corrected chi connectivity index (χ4v) is 3.27. The fraction of sp³-hybridized carbons (Fsp3) is 0.500. The lowest BCUT2D eigenvalue weighted by Crippen LogP contribution is -2.37. The van der Waals surface area contributed by atoms with Crippen LogP contribution in [0.5, 0.6) is 0 Å². The van der Waals surface area contributed by atoms with Crippen LogP contribution < -0.4 is 16.2 Å². The van der Waals surface area contributed by atoms with Gasteiger partial charge in [0.1, 0.15) is 0 Å². The summed E-state index contributed by atoms with van der Waals surface area (Å²) < 4.78 is 38.9. The quantitative estimate of drug-likeness (QED) is 0.571. The van der Waals surface area contributed by atoms with E-state index in [1.807, 2.05) is 30.3 Å². The van der Waals surface area contributed by atoms with Crippen LogP contribution in [0.3, 0.4) is 0 Å². The number of piperidine rings is 1. The van der Waals surface area contributed by atoms with Gasteiger partial charge in [-0.2, -0.15) is 18.3 Å². The van der Waals surface area contributed by atoms with Crippen molar-refractivity contribution in [3.8, 4) is 0 Å². The Morgan fingerprint density at radius 1 is 1.21 bits per heavy atom. The van der Waals surface area contributed by atoms with Crippen molar-refractivity contribution in [3.05, 3.63) is 58.5 Å². The summed E-state index contributed by atoms with van der Waals surface area (Å²) in [7, 11) is 0. The highest BCUT2D eigenvalue weighted by atomic mass is 19.4. The number of halogens is 3. The first-order valence-corrected chi connectivity index (χ1v) is 10.6. The van der Waals surface area contributed by atoms with Crippen molar-refractivity contribution in [2.45, 2.75) is 38.6 Å². The molecule has 3 rings (SSSR count). The Balaban J connectivity index is 0.000000479. The number of anilines is 1. The lowest BCUT2D eigenvalue weighted by Gasteiger charge is -2.32. The van der Waals surface area contributed by atoms with Gasteiger partial charge in [-0.25, -0.2) is 9.48 Å². The zero-order valence-electron chi connectivity index (χ0n) is 18.2. The molecule has 0 amide bonds. The van der Waals surface area contributed by atoms with Gasteiger partial charge in [-0.15, -0.1) is 0 Å². The molecule has 182 valence electrons. The highest BCUT2D eigenvalue weighted by Crippen LogP contribution is 2.20. The van der Waals surface area contributed by atoms with E-state index in [2.05, 4.69) is 10.00 Å². The molecule has 0 aliphatic carbocycles. The summed E-state index contributed by atoms with van der Waals surface area (Å²) in [6, 6.07) is 11.8. The molecule has 0 spiro atoms. The number of nitrogens with two attached hydrogens (primary N) is 1. The molecule has 3 N–H and O–H groups in total. The van der Waals surface area contributed by atoms with Gasteiger partial charge in [-0.3, -0.25) is 4.79 Å². The van der Waals surface area contributed by atoms with Gasteiger partial charge in [-0.05, 0) is 37.3 Å². The van der Waals surface area contributed by atoms with E-state index in [-0.39, 0.29) is 5.56 Å². The number of nitrogens with zero attached hydrogens (tertiary/aromatic N) is 3. The summed E-state index contributed by atoms with van der Waals surface area (Å²) in [4.78, 5) is 23.4. The van der Waals surface area contributed by atoms with Gasteiger partial charge in [0.25, 0.3) is 5.56 Å². The molecule has 0 radical (unpaired) electrons. The Morgan fingerprint density at radius 2 is 1.85 bits per heavy atom. The van der Waals surface area contributed by atoms with Gasteiger partial charge >= 0.3 is 12.1 Å². The molecule has 1 aliphatic heterocycles. The Kier molecular flexibility index (Phi) is 10.3. The topological polar surface area (TPSA) is 111 Å². The van der Waals surface area contributed by atoms with Crippen LogP contribution in [-0.2, 0) is 22.7 Å². The number of hydrogen-bond acceptors (Lipinski definition) is 6. The van der Waals surface area contributed by atoms with Gasteiger partial charge < -0.3 is 20.5 Å². The van der Waals surface area contributed by atoms with Gasteiger partial charge in [0.2, 0.25) is 0 Å². The SMILES string of the molecule is NCC1CCN(c2cnn(CCCOCc3ccccc3)c(=O)c2)CC1.O=C(O)C(F)(F)F. The number of rotatable bonds is 8. The number of aromatic nitrogens is 2. The van der Waals surface area contributed by atoms with Crippen LogP contribution in [0, 0.1) is 5.92 Å². The second-order valence-corrected chi connectivity index (χ2v) is 7.64. The van der Waals surface area contributed by atoms with Gasteiger partial charge in [0.15, 0.2) is 0 Å². The monoisotopic (exact) mass is 470 g/mol. The molecular formula is C22H29F3N4O4. The number of alkyl halides is 3. The van der Waals surface area contributed by atoms with Crippen molar-refractivity contribution in [1.29, 1.82) is 0 Å². The number of aryl methyl sites for hydroxylation is 1. The normalized spacial score (nSPS) is 14.5. The summed E-state index contributed by atoms with van der Waals surface area (Å²) in [5.74, 6) is -2.15. The van der Waals surface area contributed by atoms with E-state index in [1.165, 1.54) is 4.68 Å².